The van der Waals surface area contributed by atoms with Crippen LogP contribution in [0.1, 0.15) is 37.6 Å². The van der Waals surface area contributed by atoms with Crippen LogP contribution in [0.25, 0.3) is 10.2 Å². The van der Waals surface area contributed by atoms with Gasteiger partial charge in [-0.1, -0.05) is 20.8 Å². The SMILES string of the molecule is CC(C)(C)C1CCc2c(sc3ncn(CC(=O)Nc4ccc(S(=O)(=O)N5CCOCC5)cc4)c(=O)c23)C1. The summed E-state index contributed by atoms with van der Waals surface area (Å²) in [6, 6.07) is 6.05. The van der Waals surface area contributed by atoms with Crippen molar-refractivity contribution in [2.45, 2.75) is 51.5 Å². The minimum Gasteiger partial charge on any atom is -0.379 e. The van der Waals surface area contributed by atoms with Crippen LogP contribution < -0.4 is 10.9 Å². The fourth-order valence-electron chi connectivity index (χ4n) is 5.05. The van der Waals surface area contributed by atoms with Gasteiger partial charge in [0, 0.05) is 23.7 Å². The molecule has 198 valence electrons. The first kappa shape index (κ1) is 26.0. The minimum absolute atomic E-state index is 0.161. The Morgan fingerprint density at radius 1 is 1.19 bits per heavy atom. The highest BCUT2D eigenvalue weighted by Crippen LogP contribution is 2.41. The third-order valence-corrected chi connectivity index (χ3v) is 10.4. The molecule has 1 aliphatic carbocycles. The van der Waals surface area contributed by atoms with Crippen molar-refractivity contribution in [2.75, 3.05) is 31.6 Å². The molecule has 37 heavy (non-hydrogen) atoms. The first-order valence-corrected chi connectivity index (χ1v) is 14.8. The van der Waals surface area contributed by atoms with Gasteiger partial charge in [0.1, 0.15) is 11.4 Å². The summed E-state index contributed by atoms with van der Waals surface area (Å²) < 4.78 is 33.6. The van der Waals surface area contributed by atoms with Gasteiger partial charge in [0.2, 0.25) is 15.9 Å². The van der Waals surface area contributed by atoms with Gasteiger partial charge in [-0.05, 0) is 60.4 Å². The maximum atomic E-state index is 13.3. The molecule has 1 N–H and O–H groups in total. The van der Waals surface area contributed by atoms with E-state index in [4.69, 9.17) is 4.74 Å². The van der Waals surface area contributed by atoms with E-state index in [0.717, 1.165) is 29.7 Å². The molecule has 2 aromatic heterocycles. The second-order valence-corrected chi connectivity index (χ2v) is 13.8. The highest BCUT2D eigenvalue weighted by molar-refractivity contribution is 7.89. The lowest BCUT2D eigenvalue weighted by Crippen LogP contribution is -2.40. The van der Waals surface area contributed by atoms with Crippen molar-refractivity contribution in [1.82, 2.24) is 13.9 Å². The first-order valence-electron chi connectivity index (χ1n) is 12.5. The number of benzene rings is 1. The molecule has 3 aromatic rings. The average Bonchev–Trinajstić information content (AvgIpc) is 3.25. The highest BCUT2D eigenvalue weighted by Gasteiger charge is 2.32. The van der Waals surface area contributed by atoms with Crippen LogP contribution in [0.5, 0.6) is 0 Å². The highest BCUT2D eigenvalue weighted by atomic mass is 32.2. The summed E-state index contributed by atoms with van der Waals surface area (Å²) in [6.45, 7) is 7.99. The fourth-order valence-corrected chi connectivity index (χ4v) is 7.72. The average molecular weight is 545 g/mol. The topological polar surface area (TPSA) is 111 Å². The number of nitrogens with one attached hydrogen (secondary N) is 1. The molecule has 1 unspecified atom stereocenters. The van der Waals surface area contributed by atoms with Gasteiger partial charge in [0.25, 0.3) is 5.56 Å². The number of aromatic nitrogens is 2. The summed E-state index contributed by atoms with van der Waals surface area (Å²) in [6.07, 6.45) is 4.28. The maximum absolute atomic E-state index is 13.3. The Kier molecular flexibility index (Phi) is 6.99. The Morgan fingerprint density at radius 3 is 2.57 bits per heavy atom. The number of anilines is 1. The first-order chi connectivity index (χ1) is 17.5. The number of carbonyl (C=O) groups is 1. The molecule has 3 heterocycles. The molecule has 1 fully saturated rings. The molecule has 1 amide bonds. The van der Waals surface area contributed by atoms with Gasteiger partial charge in [-0.25, -0.2) is 13.4 Å². The van der Waals surface area contributed by atoms with Gasteiger partial charge in [-0.15, -0.1) is 11.3 Å². The van der Waals surface area contributed by atoms with E-state index in [1.807, 2.05) is 0 Å². The van der Waals surface area contributed by atoms with Crippen LogP contribution >= 0.6 is 11.3 Å². The van der Waals surface area contributed by atoms with Gasteiger partial charge < -0.3 is 10.1 Å². The molecule has 1 aromatic carbocycles. The third-order valence-electron chi connectivity index (χ3n) is 7.32. The molecule has 9 nitrogen and oxygen atoms in total. The van der Waals surface area contributed by atoms with Crippen molar-refractivity contribution in [2.24, 2.45) is 11.3 Å². The van der Waals surface area contributed by atoms with Crippen molar-refractivity contribution in [3.63, 3.8) is 0 Å². The molecule has 0 saturated carbocycles. The summed E-state index contributed by atoms with van der Waals surface area (Å²) in [5.74, 6) is 0.181. The van der Waals surface area contributed by atoms with Crippen LogP contribution in [-0.4, -0.2) is 54.5 Å². The van der Waals surface area contributed by atoms with Crippen LogP contribution in [0, 0.1) is 11.3 Å². The molecule has 1 aliphatic heterocycles. The molecular weight excluding hydrogens is 512 g/mol. The van der Waals surface area contributed by atoms with Crippen LogP contribution in [0.3, 0.4) is 0 Å². The Labute approximate surface area is 220 Å². The van der Waals surface area contributed by atoms with Gasteiger partial charge >= 0.3 is 0 Å². The van der Waals surface area contributed by atoms with Crippen molar-refractivity contribution >= 4 is 43.2 Å². The van der Waals surface area contributed by atoms with Crippen molar-refractivity contribution in [3.8, 4) is 0 Å². The molecule has 0 spiro atoms. The third kappa shape index (κ3) is 5.22. The van der Waals surface area contributed by atoms with Crippen LogP contribution in [0.4, 0.5) is 5.69 Å². The number of ether oxygens (including phenoxy) is 1. The van der Waals surface area contributed by atoms with Crippen LogP contribution in [-0.2, 0) is 38.9 Å². The maximum Gasteiger partial charge on any atom is 0.262 e. The Morgan fingerprint density at radius 2 is 1.89 bits per heavy atom. The molecular formula is C26H32N4O5S2. The summed E-state index contributed by atoms with van der Waals surface area (Å²) in [4.78, 5) is 32.7. The Balaban J connectivity index is 1.29. The number of amides is 1. The van der Waals surface area contributed by atoms with E-state index in [9.17, 15) is 18.0 Å². The number of aryl methyl sites for hydroxylation is 1. The smallest absolute Gasteiger partial charge is 0.262 e. The van der Waals surface area contributed by atoms with E-state index in [1.54, 1.807) is 23.5 Å². The number of sulfonamides is 1. The molecule has 2 aliphatic rings. The van der Waals surface area contributed by atoms with E-state index in [0.29, 0.717) is 43.3 Å². The number of hydrogen-bond acceptors (Lipinski definition) is 7. The zero-order chi connectivity index (χ0) is 26.4. The number of carbonyl (C=O) groups excluding carboxylic acids is 1. The van der Waals surface area contributed by atoms with E-state index in [-0.39, 0.29) is 28.3 Å². The molecule has 0 radical (unpaired) electrons. The van der Waals surface area contributed by atoms with E-state index >= 15 is 0 Å². The number of nitrogens with zero attached hydrogens (tertiary/aromatic N) is 3. The van der Waals surface area contributed by atoms with Crippen LogP contribution in [0.15, 0.2) is 40.3 Å². The minimum atomic E-state index is -3.61. The number of rotatable bonds is 5. The summed E-state index contributed by atoms with van der Waals surface area (Å²) in [7, 11) is -3.61. The zero-order valence-corrected chi connectivity index (χ0v) is 23.0. The molecule has 11 heteroatoms. The van der Waals surface area contributed by atoms with Crippen molar-refractivity contribution < 1.29 is 17.9 Å². The second kappa shape index (κ2) is 9.94. The van der Waals surface area contributed by atoms with E-state index in [2.05, 4.69) is 31.1 Å². The van der Waals surface area contributed by atoms with Crippen molar-refractivity contribution in [3.05, 3.63) is 51.4 Å². The van der Waals surface area contributed by atoms with Crippen molar-refractivity contribution in [1.29, 1.82) is 0 Å². The fraction of sp³-hybridized carbons (Fsp3) is 0.500. The van der Waals surface area contributed by atoms with Gasteiger partial charge in [-0.2, -0.15) is 4.31 Å². The Hall–Kier alpha value is -2.60. The molecule has 5 rings (SSSR count). The lowest BCUT2D eigenvalue weighted by Gasteiger charge is -2.33. The zero-order valence-electron chi connectivity index (χ0n) is 21.3. The summed E-state index contributed by atoms with van der Waals surface area (Å²) in [5.41, 5.74) is 1.56. The predicted octanol–water partition coefficient (Wildman–Crippen LogP) is 3.27. The number of thiophene rings is 1. The monoisotopic (exact) mass is 544 g/mol. The quantitative estimate of drug-likeness (QED) is 0.528. The molecule has 0 bridgehead atoms. The number of hydrogen-bond donors (Lipinski definition) is 1. The largest absolute Gasteiger partial charge is 0.379 e. The van der Waals surface area contributed by atoms with Gasteiger partial charge in [-0.3, -0.25) is 14.2 Å². The predicted molar refractivity (Wildman–Crippen MR) is 143 cm³/mol. The van der Waals surface area contributed by atoms with E-state index in [1.165, 1.54) is 32.2 Å². The standard InChI is InChI=1S/C26H32N4O5S2/c1-26(2,3)17-4-9-20-21(14-17)36-24-23(20)25(32)29(16-27-24)15-22(31)28-18-5-7-19(8-6-18)37(33,34)30-10-12-35-13-11-30/h5-8,16-17H,4,9-15H2,1-3H3,(H,28,31). The normalized spacial score (nSPS) is 19.1. The lowest BCUT2D eigenvalue weighted by atomic mass is 9.72. The number of morpholine rings is 1. The summed E-state index contributed by atoms with van der Waals surface area (Å²) >= 11 is 1.59. The molecule has 1 atom stereocenters. The number of fused-ring (bicyclic) bond motifs is 3. The molecule has 1 saturated heterocycles. The van der Waals surface area contributed by atoms with Crippen LogP contribution in [0.2, 0.25) is 0 Å². The summed E-state index contributed by atoms with van der Waals surface area (Å²) in [5, 5.41) is 3.39. The van der Waals surface area contributed by atoms with E-state index < -0.39 is 10.0 Å². The lowest BCUT2D eigenvalue weighted by molar-refractivity contribution is -0.116. The Bertz CT molecular complexity index is 1480. The second-order valence-electron chi connectivity index (χ2n) is 10.8. The van der Waals surface area contributed by atoms with Gasteiger partial charge in [0.15, 0.2) is 0 Å². The van der Waals surface area contributed by atoms with Gasteiger partial charge in [0.05, 0.1) is 29.8 Å².